The lowest BCUT2D eigenvalue weighted by Gasteiger charge is -2.45. The predicted octanol–water partition coefficient (Wildman–Crippen LogP) is 1.80. The molecule has 1 aromatic heterocycles. The van der Waals surface area contributed by atoms with Crippen LogP contribution in [-0.4, -0.2) is 49.3 Å². The largest absolute Gasteiger partial charge is 0.480 e. The number of hydrogen-bond acceptors (Lipinski definition) is 5. The second-order valence-corrected chi connectivity index (χ2v) is 9.11. The number of hydrogen-bond donors (Lipinski definition) is 2. The minimum atomic E-state index is -0.972. The minimum absolute atomic E-state index is 0.220. The van der Waals surface area contributed by atoms with Crippen LogP contribution in [0.5, 0.6) is 0 Å². The van der Waals surface area contributed by atoms with Gasteiger partial charge in [0.1, 0.15) is 6.04 Å². The van der Waals surface area contributed by atoms with E-state index in [1.54, 1.807) is 11.3 Å². The molecule has 3 rings (SSSR count). The van der Waals surface area contributed by atoms with Crippen LogP contribution in [0.25, 0.3) is 0 Å². The maximum absolute atomic E-state index is 12.3. The lowest BCUT2D eigenvalue weighted by molar-refractivity contribution is -0.169. The van der Waals surface area contributed by atoms with Crippen LogP contribution in [0.4, 0.5) is 0 Å². The van der Waals surface area contributed by atoms with Gasteiger partial charge in [0.2, 0.25) is 5.91 Å². The highest BCUT2D eigenvalue weighted by Crippen LogP contribution is 2.54. The van der Waals surface area contributed by atoms with E-state index in [1.807, 2.05) is 31.4 Å². The molecule has 0 bridgehead atoms. The quantitative estimate of drug-likeness (QED) is 0.799. The molecule has 2 aliphatic heterocycles. The van der Waals surface area contributed by atoms with Crippen molar-refractivity contribution in [3.8, 4) is 0 Å². The van der Waals surface area contributed by atoms with E-state index >= 15 is 0 Å². The monoisotopic (exact) mass is 341 g/mol. The number of carbonyl (C=O) groups excluding carboxylic acids is 1. The van der Waals surface area contributed by atoms with E-state index in [-0.39, 0.29) is 11.3 Å². The normalized spacial score (nSPS) is 30.8. The smallest absolute Gasteiger partial charge is 0.327 e. The first-order valence-electron chi connectivity index (χ1n) is 7.26. The molecule has 2 fully saturated rings. The molecule has 0 spiro atoms. The summed E-state index contributed by atoms with van der Waals surface area (Å²) in [5, 5.41) is 21.5. The molecule has 7 heteroatoms. The van der Waals surface area contributed by atoms with Gasteiger partial charge in [-0.2, -0.15) is 0 Å². The Morgan fingerprint density at radius 3 is 2.82 bits per heavy atom. The molecule has 0 aromatic carbocycles. The summed E-state index contributed by atoms with van der Waals surface area (Å²) in [4.78, 5) is 26.4. The zero-order valence-corrected chi connectivity index (χ0v) is 14.1. The van der Waals surface area contributed by atoms with Crippen LogP contribution in [0, 0.1) is 5.92 Å². The number of fused-ring (bicyclic) bond motifs is 1. The number of rotatable bonds is 5. The summed E-state index contributed by atoms with van der Waals surface area (Å²) in [6, 6.07) is 3.17. The van der Waals surface area contributed by atoms with Crippen molar-refractivity contribution in [2.24, 2.45) is 5.92 Å². The van der Waals surface area contributed by atoms with Gasteiger partial charge >= 0.3 is 5.97 Å². The number of aliphatic hydroxyl groups is 1. The van der Waals surface area contributed by atoms with Crippen LogP contribution >= 0.6 is 23.1 Å². The van der Waals surface area contributed by atoms with Gasteiger partial charge in [-0.05, 0) is 38.1 Å². The highest BCUT2D eigenvalue weighted by Gasteiger charge is 2.65. The lowest BCUT2D eigenvalue weighted by atomic mass is 9.86. The summed E-state index contributed by atoms with van der Waals surface area (Å²) in [7, 11) is 0. The van der Waals surface area contributed by atoms with Gasteiger partial charge in [0, 0.05) is 9.62 Å². The average Bonchev–Trinajstić information content (AvgIpc) is 3.01. The zero-order chi connectivity index (χ0) is 16.1. The predicted molar refractivity (Wildman–Crippen MR) is 85.9 cm³/mol. The fourth-order valence-electron chi connectivity index (χ4n) is 3.32. The Balaban J connectivity index is 1.67. The number of aryl methyl sites for hydroxylation is 1. The number of β-lactam (4-membered cyclic amide) rings is 1. The molecule has 2 N–H and O–H groups in total. The first-order valence-corrected chi connectivity index (χ1v) is 9.02. The summed E-state index contributed by atoms with van der Waals surface area (Å²) in [5.41, 5.74) is 0. The van der Waals surface area contributed by atoms with E-state index in [9.17, 15) is 19.8 Å². The van der Waals surface area contributed by atoms with E-state index in [4.69, 9.17) is 0 Å². The maximum Gasteiger partial charge on any atom is 0.327 e. The molecular formula is C15H19NO4S2. The minimum Gasteiger partial charge on any atom is -0.480 e. The van der Waals surface area contributed by atoms with Crippen LogP contribution < -0.4 is 0 Å². The Bertz CT molecular complexity index is 586. The SMILES string of the molecule is CC1(C)SC2C(C(O)CCc3cccs3)C(=O)N2C1C(=O)O. The summed E-state index contributed by atoms with van der Waals surface area (Å²) in [6.07, 6.45) is 0.554. The lowest BCUT2D eigenvalue weighted by Crippen LogP contribution is -2.65. The van der Waals surface area contributed by atoms with Gasteiger partial charge in [0.25, 0.3) is 0 Å². The average molecular weight is 341 g/mol. The van der Waals surface area contributed by atoms with Crippen LogP contribution in [0.15, 0.2) is 17.5 Å². The Labute approximate surface area is 137 Å². The standard InChI is InChI=1S/C15H19NO4S2/c1-15(2)11(14(19)20)16-12(18)10(13(16)22-15)9(17)6-5-8-4-3-7-21-8/h3-4,7,9-11,13,17H,5-6H2,1-2H3,(H,19,20). The summed E-state index contributed by atoms with van der Waals surface area (Å²) >= 11 is 3.12. The molecule has 2 saturated heterocycles. The first-order chi connectivity index (χ1) is 10.3. The Morgan fingerprint density at radius 2 is 2.23 bits per heavy atom. The number of carboxylic acids is 1. The number of thiophene rings is 1. The Kier molecular flexibility index (Phi) is 3.99. The molecule has 120 valence electrons. The molecule has 3 heterocycles. The van der Waals surface area contributed by atoms with Gasteiger partial charge in [0.05, 0.1) is 17.4 Å². The van der Waals surface area contributed by atoms with E-state index < -0.39 is 28.8 Å². The van der Waals surface area contributed by atoms with Crippen molar-refractivity contribution < 1.29 is 19.8 Å². The molecule has 0 aliphatic carbocycles. The van der Waals surface area contributed by atoms with Gasteiger partial charge in [-0.3, -0.25) is 4.79 Å². The van der Waals surface area contributed by atoms with Crippen molar-refractivity contribution in [2.75, 3.05) is 0 Å². The molecule has 1 amide bonds. The van der Waals surface area contributed by atoms with Crippen LogP contribution in [-0.2, 0) is 16.0 Å². The summed E-state index contributed by atoms with van der Waals surface area (Å²) < 4.78 is -0.533. The van der Waals surface area contributed by atoms with Crippen LogP contribution in [0.1, 0.15) is 25.1 Å². The second kappa shape index (κ2) is 5.54. The fourth-order valence-corrected chi connectivity index (χ4v) is 5.79. The van der Waals surface area contributed by atoms with Crippen LogP contribution in [0.2, 0.25) is 0 Å². The number of aliphatic carboxylic acids is 1. The molecule has 4 atom stereocenters. The summed E-state index contributed by atoms with van der Waals surface area (Å²) in [5.74, 6) is -1.68. The topological polar surface area (TPSA) is 77.8 Å². The number of carboxylic acid groups (broad SMARTS) is 1. The van der Waals surface area contributed by atoms with E-state index in [1.165, 1.54) is 21.5 Å². The highest BCUT2D eigenvalue weighted by molar-refractivity contribution is 8.01. The van der Waals surface area contributed by atoms with Crippen molar-refractivity contribution >= 4 is 35.0 Å². The second-order valence-electron chi connectivity index (χ2n) is 6.31. The number of nitrogens with zero attached hydrogens (tertiary/aromatic N) is 1. The van der Waals surface area contributed by atoms with Gasteiger partial charge in [-0.25, -0.2) is 4.79 Å². The number of thioether (sulfide) groups is 1. The fraction of sp³-hybridized carbons (Fsp3) is 0.600. The van der Waals surface area contributed by atoms with Crippen molar-refractivity contribution in [3.05, 3.63) is 22.4 Å². The molecular weight excluding hydrogens is 322 g/mol. The molecule has 0 radical (unpaired) electrons. The van der Waals surface area contributed by atoms with Crippen molar-refractivity contribution in [2.45, 2.75) is 49.0 Å². The number of amides is 1. The van der Waals surface area contributed by atoms with Crippen LogP contribution in [0.3, 0.4) is 0 Å². The molecule has 0 saturated carbocycles. The van der Waals surface area contributed by atoms with Gasteiger partial charge < -0.3 is 15.1 Å². The third-order valence-electron chi connectivity index (χ3n) is 4.40. The van der Waals surface area contributed by atoms with Gasteiger partial charge in [0.15, 0.2) is 0 Å². The van der Waals surface area contributed by atoms with Crippen molar-refractivity contribution in [3.63, 3.8) is 0 Å². The van der Waals surface area contributed by atoms with E-state index in [2.05, 4.69) is 0 Å². The van der Waals surface area contributed by atoms with Crippen molar-refractivity contribution in [1.29, 1.82) is 0 Å². The van der Waals surface area contributed by atoms with Gasteiger partial charge in [-0.15, -0.1) is 23.1 Å². The Hall–Kier alpha value is -1.05. The first kappa shape index (κ1) is 15.8. The molecule has 2 aliphatic rings. The molecule has 4 unspecified atom stereocenters. The van der Waals surface area contributed by atoms with Gasteiger partial charge in [-0.1, -0.05) is 6.07 Å². The van der Waals surface area contributed by atoms with Crippen molar-refractivity contribution in [1.82, 2.24) is 4.90 Å². The maximum atomic E-state index is 12.3. The molecule has 22 heavy (non-hydrogen) atoms. The molecule has 1 aromatic rings. The van der Waals surface area contributed by atoms with E-state index in [0.29, 0.717) is 6.42 Å². The highest BCUT2D eigenvalue weighted by atomic mass is 32.2. The molecule has 5 nitrogen and oxygen atoms in total. The zero-order valence-electron chi connectivity index (χ0n) is 12.4. The third kappa shape index (κ3) is 2.45. The summed E-state index contributed by atoms with van der Waals surface area (Å²) in [6.45, 7) is 3.69. The Morgan fingerprint density at radius 1 is 1.50 bits per heavy atom. The third-order valence-corrected chi connectivity index (χ3v) is 6.93. The number of aliphatic hydroxyl groups excluding tert-OH is 1. The number of carbonyl (C=O) groups is 2. The van der Waals surface area contributed by atoms with E-state index in [0.717, 1.165) is 6.42 Å².